The average molecular weight is 2030 g/mol. The number of nitro benzene ring substituents is 3. The molecule has 0 spiro atoms. The van der Waals surface area contributed by atoms with Crippen LogP contribution < -0.4 is 29.2 Å². The van der Waals surface area contributed by atoms with Crippen LogP contribution in [0.2, 0.25) is 0 Å². The van der Waals surface area contributed by atoms with Crippen molar-refractivity contribution in [2.45, 2.75) is 189 Å². The van der Waals surface area contributed by atoms with E-state index in [1.807, 2.05) is 34.9 Å². The van der Waals surface area contributed by atoms with Crippen molar-refractivity contribution < 1.29 is 75.8 Å². The molecule has 2 aliphatic heterocycles. The van der Waals surface area contributed by atoms with E-state index in [-0.39, 0.29) is 36.8 Å². The van der Waals surface area contributed by atoms with Crippen LogP contribution >= 0.6 is 56.8 Å². The first kappa shape index (κ1) is 101. The summed E-state index contributed by atoms with van der Waals surface area (Å²) in [7, 11) is 28.8. The predicted molar refractivity (Wildman–Crippen MR) is 513 cm³/mol. The Labute approximate surface area is 773 Å². The Morgan fingerprint density at radius 2 is 0.887 bits per heavy atom. The number of hydrogen-bond donors (Lipinski definition) is 0. The number of carbonyl (C=O) groups is 1. The number of hydrogen-bond acceptors (Lipinski definition) is 11. The second-order valence-electron chi connectivity index (χ2n) is 32.0. The van der Waals surface area contributed by atoms with Gasteiger partial charge in [0, 0.05) is 67.7 Å². The van der Waals surface area contributed by atoms with Crippen LogP contribution in [-0.4, -0.2) is 101 Å². The molecule has 6 aliphatic rings. The number of aryl methyl sites for hydroxylation is 9. The van der Waals surface area contributed by atoms with E-state index < -0.39 is 41.8 Å². The van der Waals surface area contributed by atoms with Gasteiger partial charge in [-0.3, -0.25) is 19.8 Å². The summed E-state index contributed by atoms with van der Waals surface area (Å²) in [4.78, 5) is 63.3. The van der Waals surface area contributed by atoms with Gasteiger partial charge in [0.2, 0.25) is 0 Å². The molecule has 2 saturated heterocycles. The van der Waals surface area contributed by atoms with Gasteiger partial charge < -0.3 is 24.0 Å². The number of benzene rings is 8. The zero-order valence-electron chi connectivity index (χ0n) is 72.8. The molecule has 0 aromatic heterocycles. The molecule has 0 unspecified atom stereocenters. The molecule has 18 nitrogen and oxygen atoms in total. The van der Waals surface area contributed by atoms with E-state index in [4.69, 9.17) is 43.5 Å². The Morgan fingerprint density at radius 3 is 1.25 bits per heavy atom. The first-order valence-corrected chi connectivity index (χ1v) is 55.6. The zero-order valence-corrected chi connectivity index (χ0v) is 82.0. The van der Waals surface area contributed by atoms with Crippen LogP contribution in [0.1, 0.15) is 182 Å². The number of anilines is 5. The van der Waals surface area contributed by atoms with Crippen molar-refractivity contribution in [3.63, 3.8) is 0 Å². The van der Waals surface area contributed by atoms with Crippen molar-refractivity contribution in [2.24, 2.45) is 0 Å². The monoisotopic (exact) mass is 2020 g/mol. The number of rotatable bonds is 17. The number of nitro groups is 3. The second kappa shape index (κ2) is 50.5. The van der Waals surface area contributed by atoms with Crippen molar-refractivity contribution in [1.82, 2.24) is 0 Å². The van der Waals surface area contributed by atoms with Crippen molar-refractivity contribution >= 4 is 129 Å². The fraction of sp³-hybridized carbons (Fsp3) is 0.351. The average Bonchev–Trinajstić information content (AvgIpc) is 1.65. The summed E-state index contributed by atoms with van der Waals surface area (Å²) in [5.74, 6) is 0.0920. The van der Waals surface area contributed by atoms with E-state index in [2.05, 4.69) is 196 Å². The molecule has 8 aromatic carbocycles. The Kier molecular flexibility index (Phi) is 41.3. The van der Waals surface area contributed by atoms with Gasteiger partial charge in [-0.15, -0.1) is 0 Å². The molecule has 0 bridgehead atoms. The zero-order chi connectivity index (χ0) is 90.4. The Bertz CT molecular complexity index is 4970. The molecule has 124 heavy (non-hydrogen) atoms. The molecule has 27 heteroatoms. The Hall–Kier alpha value is -8.01. The molecular weight excluding hydrogens is 1910 g/mol. The van der Waals surface area contributed by atoms with Gasteiger partial charge in [-0.1, -0.05) is 123 Å². The van der Waals surface area contributed by atoms with E-state index in [0.717, 1.165) is 37.3 Å². The molecule has 1 N–H and O–H groups in total. The van der Waals surface area contributed by atoms with Crippen LogP contribution in [0.3, 0.4) is 0 Å². The molecule has 2 amide bonds. The summed E-state index contributed by atoms with van der Waals surface area (Å²) in [6.07, 6.45) is 29.5. The maximum absolute atomic E-state index is 12.5. The maximum atomic E-state index is 12.5. The summed E-state index contributed by atoms with van der Waals surface area (Å²) >= 11 is -0.312. The van der Waals surface area contributed by atoms with Crippen LogP contribution in [0.25, 0.3) is 0 Å². The van der Waals surface area contributed by atoms with E-state index in [1.165, 1.54) is 194 Å². The van der Waals surface area contributed by atoms with Crippen LogP contribution in [0.15, 0.2) is 212 Å². The topological polar surface area (TPSA) is 196 Å². The number of carbonyl (C=O) groups excluding carboxylic acids is 2. The van der Waals surface area contributed by atoms with Gasteiger partial charge in [0.1, 0.15) is 19.0 Å². The van der Waals surface area contributed by atoms with E-state index in [0.29, 0.717) is 28.3 Å². The van der Waals surface area contributed by atoms with Gasteiger partial charge in [-0.05, 0) is 215 Å². The molecule has 0 atom stereocenters. The Balaban J connectivity index is 0.000000186. The molecule has 0 radical (unpaired) electrons. The minimum atomic E-state index is -2.36. The fourth-order valence-electron chi connectivity index (χ4n) is 17.8. The molecule has 670 valence electrons. The summed E-state index contributed by atoms with van der Waals surface area (Å²) in [5.41, 5.74) is 27.4. The van der Waals surface area contributed by atoms with E-state index in [1.54, 1.807) is 128 Å². The van der Waals surface area contributed by atoms with Gasteiger partial charge in [0.15, 0.2) is 0 Å². The Morgan fingerprint density at radius 1 is 0.524 bits per heavy atom. The number of non-ortho nitro benzene ring substituents is 3. The summed E-state index contributed by atoms with van der Waals surface area (Å²) in [6.45, 7) is 40.5. The molecule has 14 rings (SSSR count). The molecular formula is C97H117Cl5CuN9O9PRu2+. The third kappa shape index (κ3) is 29.5. The molecule has 2 heterocycles. The summed E-state index contributed by atoms with van der Waals surface area (Å²) in [5, 5.41) is 32.1. The summed E-state index contributed by atoms with van der Waals surface area (Å²) < 4.78 is 10.8. The van der Waals surface area contributed by atoms with Crippen LogP contribution in [-0.2, 0) is 42.1 Å². The van der Waals surface area contributed by atoms with Crippen molar-refractivity contribution in [3.05, 3.63) is 322 Å². The van der Waals surface area contributed by atoms with Gasteiger partial charge in [0.05, 0.1) is 41.3 Å². The number of amides is 2. The molecule has 5 fully saturated rings. The molecule has 3 saturated carbocycles. The third-order valence-electron chi connectivity index (χ3n) is 22.7. The standard InChI is InChI=1S/C21H27N2.C21H26N2.C18H33P.C16H14N2O4.C14H9N3O5.C7H6.5ClH.Cu.2Ru/c2*1-14-9-16(3)20(17(4)10-14)22-7-8-23(13-22)21-18(5)11-15(2)12-19(21)6;1-4-10-16(11-5-1)19(17-12-6-2-7-13-17)18-14-8-3-9-15-18;1-3-17(13-8-10-15(22-2)11-9-13)16(19)12-4-6-14(7-5-12)18(20)21;1-15(11-6-8-13(9-7-11)17(21)22)14(18)10-2-4-12(5-3-10)16(19)20;1-7-5-3-2-4-6-7;;;;;;;;/h9-13H,7-8H2,1-6H3;9-13H,1,7-8H2,2-6H3;16-18H,1-15H2;3-11H,1H2,2H3;1-9H;1-6H;5*1H;;;/q-1;;;;;;;;;;;+1;2*+2/p-3. The van der Waals surface area contributed by atoms with E-state index >= 15 is 0 Å². The first-order chi connectivity index (χ1) is 59.3. The normalized spacial score (nSPS) is 15.4. The SMILES string of the molecule is C1CCC([PH+](C2CCCCC2)C2CCCCC2)CC1.C=C1C=C(C)C(=[N+]2[CH-]N(c3c(C)cc(C)cc3C)CC2)C(C)=C1.C=CN(C(=O)c1ccc([N+](=O)[O-])cc1)c1ccc(OC)cc1.Cc1cc(C)c(N2[CH-]N(c3c(C)cc(C)cc3C)CC2)c(C)c1.O=[N+]([O-])c1ccc(C(=[OH+])N([CH]=[Ru]([Cl])[Cl])c2ccc([N+](=O)[O-])cc2)cc1.[Cl][Cu].[Cl][Ru]([Cl])=[CH]c1ccccc1. The summed E-state index contributed by atoms with van der Waals surface area (Å²) in [6, 6.07) is 46.5. The molecule has 8 aromatic rings. The quantitative estimate of drug-likeness (QED) is 0.0160. The van der Waals surface area contributed by atoms with Gasteiger partial charge >= 0.3 is 253 Å². The second-order valence-corrected chi connectivity index (χ2v) is 46.8. The number of nitrogens with zero attached hydrogens (tertiary/aromatic N) is 9. The number of halogens is 5. The molecule has 4 aliphatic carbocycles. The minimum absolute atomic E-state index is 0.0465. The van der Waals surface area contributed by atoms with Crippen molar-refractivity contribution in [1.29, 1.82) is 0 Å². The fourth-order valence-corrected chi connectivity index (χ4v) is 26.5. The number of methoxy groups -OCH3 is 1. The van der Waals surface area contributed by atoms with Gasteiger partial charge in [-0.2, -0.15) is 6.67 Å². The first-order valence-electron chi connectivity index (χ1n) is 41.6. The van der Waals surface area contributed by atoms with Crippen molar-refractivity contribution in [3.8, 4) is 5.75 Å². The van der Waals surface area contributed by atoms with Crippen LogP contribution in [0, 0.1) is 106 Å². The van der Waals surface area contributed by atoms with Crippen molar-refractivity contribution in [2.75, 3.05) is 57.8 Å². The number of ether oxygens (including phenoxy) is 1. The van der Waals surface area contributed by atoms with E-state index in [9.17, 15) is 39.9 Å². The van der Waals surface area contributed by atoms with Crippen LogP contribution in [0.4, 0.5) is 45.5 Å². The predicted octanol–water partition coefficient (Wildman–Crippen LogP) is 26.0. The van der Waals surface area contributed by atoms with Crippen LogP contribution in [0.5, 0.6) is 5.75 Å². The number of allylic oxidation sites excluding steroid dienone is 5. The van der Waals surface area contributed by atoms with Gasteiger partial charge in [-0.25, -0.2) is 0 Å². The third-order valence-corrected chi connectivity index (χ3v) is 30.7. The van der Waals surface area contributed by atoms with Gasteiger partial charge in [0.25, 0.3) is 11.6 Å².